The molecule has 0 spiro atoms. The van der Waals surface area contributed by atoms with E-state index >= 15 is 0 Å². The molecule has 66 valence electrons. The maximum absolute atomic E-state index is 10.7. The molecule has 2 aromatic heterocycles. The van der Waals surface area contributed by atoms with Crippen LogP contribution in [0.15, 0.2) is 28.9 Å². The lowest BCUT2D eigenvalue weighted by Crippen LogP contribution is -2.09. The molecular formula is C8H7N3O2. The fourth-order valence-corrected chi connectivity index (χ4v) is 1.01. The van der Waals surface area contributed by atoms with E-state index in [-0.39, 0.29) is 5.76 Å². The first-order chi connectivity index (χ1) is 6.27. The summed E-state index contributed by atoms with van der Waals surface area (Å²) < 4.78 is 5.15. The van der Waals surface area contributed by atoms with Crippen LogP contribution in [-0.4, -0.2) is 16.1 Å². The normalized spacial score (nSPS) is 10.2. The van der Waals surface area contributed by atoms with Gasteiger partial charge < -0.3 is 10.2 Å². The Bertz CT molecular complexity index is 416. The van der Waals surface area contributed by atoms with Crippen LogP contribution >= 0.6 is 0 Å². The Kier molecular flexibility index (Phi) is 1.63. The number of primary amides is 1. The number of furan rings is 1. The number of hydrogen-bond donors (Lipinski definition) is 2. The minimum Gasteiger partial charge on any atom is -0.451 e. The number of amides is 1. The van der Waals surface area contributed by atoms with Crippen LogP contribution in [-0.2, 0) is 0 Å². The van der Waals surface area contributed by atoms with Crippen molar-refractivity contribution in [1.29, 1.82) is 0 Å². The zero-order valence-electron chi connectivity index (χ0n) is 6.65. The van der Waals surface area contributed by atoms with Gasteiger partial charge >= 0.3 is 0 Å². The van der Waals surface area contributed by atoms with E-state index in [1.165, 1.54) is 6.07 Å². The lowest BCUT2D eigenvalue weighted by atomic mass is 10.3. The van der Waals surface area contributed by atoms with Gasteiger partial charge in [-0.25, -0.2) is 0 Å². The molecule has 0 unspecified atom stereocenters. The van der Waals surface area contributed by atoms with Crippen molar-refractivity contribution < 1.29 is 9.21 Å². The average molecular weight is 177 g/mol. The summed E-state index contributed by atoms with van der Waals surface area (Å²) in [6.45, 7) is 0. The topological polar surface area (TPSA) is 84.9 Å². The number of nitrogens with one attached hydrogen (secondary N) is 1. The third-order valence-corrected chi connectivity index (χ3v) is 1.63. The molecule has 0 aliphatic heterocycles. The van der Waals surface area contributed by atoms with E-state index in [1.807, 2.05) is 0 Å². The summed E-state index contributed by atoms with van der Waals surface area (Å²) in [7, 11) is 0. The summed E-state index contributed by atoms with van der Waals surface area (Å²) in [5, 5.41) is 6.39. The van der Waals surface area contributed by atoms with Crippen LogP contribution in [0, 0.1) is 0 Å². The lowest BCUT2D eigenvalue weighted by Gasteiger charge is -1.88. The number of rotatable bonds is 2. The first-order valence-corrected chi connectivity index (χ1v) is 3.66. The van der Waals surface area contributed by atoms with Gasteiger partial charge in [0.1, 0.15) is 5.76 Å². The van der Waals surface area contributed by atoms with Crippen LogP contribution < -0.4 is 5.73 Å². The minimum atomic E-state index is -0.574. The molecule has 0 aliphatic rings. The quantitative estimate of drug-likeness (QED) is 0.710. The molecule has 2 rings (SSSR count). The van der Waals surface area contributed by atoms with Crippen LogP contribution in [0.5, 0.6) is 0 Å². The van der Waals surface area contributed by atoms with Gasteiger partial charge in [-0.3, -0.25) is 9.89 Å². The van der Waals surface area contributed by atoms with E-state index in [9.17, 15) is 4.79 Å². The van der Waals surface area contributed by atoms with Crippen LogP contribution in [0.3, 0.4) is 0 Å². The van der Waals surface area contributed by atoms with Gasteiger partial charge in [0.15, 0.2) is 5.76 Å². The summed E-state index contributed by atoms with van der Waals surface area (Å²) in [6, 6.07) is 3.20. The highest BCUT2D eigenvalue weighted by atomic mass is 16.3. The number of carbonyl (C=O) groups is 1. The highest BCUT2D eigenvalue weighted by Crippen LogP contribution is 2.19. The van der Waals surface area contributed by atoms with Crippen molar-refractivity contribution in [3.8, 4) is 11.3 Å². The van der Waals surface area contributed by atoms with Gasteiger partial charge in [0.25, 0.3) is 5.91 Å². The van der Waals surface area contributed by atoms with Gasteiger partial charge in [0.2, 0.25) is 0 Å². The Hall–Kier alpha value is -2.04. The molecule has 2 heterocycles. The Morgan fingerprint density at radius 1 is 1.54 bits per heavy atom. The van der Waals surface area contributed by atoms with Gasteiger partial charge in [-0.2, -0.15) is 5.10 Å². The monoisotopic (exact) mass is 177 g/mol. The summed E-state index contributed by atoms with van der Waals surface area (Å²) in [5.74, 6) is 0.147. The van der Waals surface area contributed by atoms with Crippen molar-refractivity contribution in [3.63, 3.8) is 0 Å². The molecule has 0 bridgehead atoms. The predicted molar refractivity (Wildman–Crippen MR) is 44.8 cm³/mol. The van der Waals surface area contributed by atoms with Crippen molar-refractivity contribution in [3.05, 3.63) is 30.3 Å². The Morgan fingerprint density at radius 2 is 2.38 bits per heavy atom. The fourth-order valence-electron chi connectivity index (χ4n) is 1.01. The molecule has 5 heteroatoms. The van der Waals surface area contributed by atoms with E-state index in [4.69, 9.17) is 10.2 Å². The Labute approximate surface area is 73.5 Å². The number of H-pyrrole nitrogens is 1. The number of nitrogens with zero attached hydrogens (tertiary/aromatic N) is 1. The number of hydrogen-bond acceptors (Lipinski definition) is 3. The average Bonchev–Trinajstić information content (AvgIpc) is 2.75. The molecule has 5 nitrogen and oxygen atoms in total. The zero-order valence-corrected chi connectivity index (χ0v) is 6.65. The molecule has 0 aliphatic carbocycles. The summed E-state index contributed by atoms with van der Waals surface area (Å²) in [6.07, 6.45) is 3.27. The minimum absolute atomic E-state index is 0.149. The van der Waals surface area contributed by atoms with Crippen LogP contribution in [0.1, 0.15) is 10.6 Å². The second-order valence-electron chi connectivity index (χ2n) is 2.52. The van der Waals surface area contributed by atoms with Crippen molar-refractivity contribution in [2.75, 3.05) is 0 Å². The first kappa shape index (κ1) is 7.60. The SMILES string of the molecule is NC(=O)c1ccc(-c2cn[nH]c2)o1. The second kappa shape index (κ2) is 2.78. The third-order valence-electron chi connectivity index (χ3n) is 1.63. The second-order valence-corrected chi connectivity index (χ2v) is 2.52. The first-order valence-electron chi connectivity index (χ1n) is 3.66. The van der Waals surface area contributed by atoms with E-state index < -0.39 is 5.91 Å². The summed E-state index contributed by atoms with van der Waals surface area (Å²) >= 11 is 0. The van der Waals surface area contributed by atoms with E-state index in [0.29, 0.717) is 5.76 Å². The van der Waals surface area contributed by atoms with Crippen molar-refractivity contribution in [1.82, 2.24) is 10.2 Å². The molecule has 0 aromatic carbocycles. The largest absolute Gasteiger partial charge is 0.451 e. The molecule has 1 amide bonds. The Morgan fingerprint density at radius 3 is 2.92 bits per heavy atom. The van der Waals surface area contributed by atoms with Crippen LogP contribution in [0.4, 0.5) is 0 Å². The molecule has 0 radical (unpaired) electrons. The van der Waals surface area contributed by atoms with E-state index in [1.54, 1.807) is 18.5 Å². The molecule has 0 atom stereocenters. The number of carbonyl (C=O) groups excluding carboxylic acids is 1. The third kappa shape index (κ3) is 1.31. The molecular weight excluding hydrogens is 170 g/mol. The molecule has 0 saturated carbocycles. The smallest absolute Gasteiger partial charge is 0.284 e. The number of aromatic nitrogens is 2. The summed E-state index contributed by atoms with van der Waals surface area (Å²) in [5.41, 5.74) is 5.81. The molecule has 0 saturated heterocycles. The van der Waals surface area contributed by atoms with Crippen molar-refractivity contribution in [2.45, 2.75) is 0 Å². The van der Waals surface area contributed by atoms with Gasteiger partial charge in [-0.05, 0) is 12.1 Å². The highest BCUT2D eigenvalue weighted by molar-refractivity contribution is 5.90. The molecule has 0 fully saturated rings. The fraction of sp³-hybridized carbons (Fsp3) is 0. The van der Waals surface area contributed by atoms with Crippen molar-refractivity contribution in [2.24, 2.45) is 5.73 Å². The molecule has 13 heavy (non-hydrogen) atoms. The molecule has 2 aromatic rings. The van der Waals surface area contributed by atoms with Gasteiger partial charge in [0, 0.05) is 6.20 Å². The maximum atomic E-state index is 10.7. The van der Waals surface area contributed by atoms with Crippen LogP contribution in [0.25, 0.3) is 11.3 Å². The van der Waals surface area contributed by atoms with Crippen molar-refractivity contribution >= 4 is 5.91 Å². The number of aromatic amines is 1. The van der Waals surface area contributed by atoms with E-state index in [2.05, 4.69) is 10.2 Å². The highest BCUT2D eigenvalue weighted by Gasteiger charge is 2.08. The summed E-state index contributed by atoms with van der Waals surface area (Å²) in [4.78, 5) is 10.7. The lowest BCUT2D eigenvalue weighted by molar-refractivity contribution is 0.0975. The number of nitrogens with two attached hydrogens (primary N) is 1. The van der Waals surface area contributed by atoms with Gasteiger partial charge in [-0.15, -0.1) is 0 Å². The Balaban J connectivity index is 2.39. The van der Waals surface area contributed by atoms with Crippen LogP contribution in [0.2, 0.25) is 0 Å². The van der Waals surface area contributed by atoms with Gasteiger partial charge in [0.05, 0.1) is 11.8 Å². The predicted octanol–water partition coefficient (Wildman–Crippen LogP) is 0.769. The standard InChI is InChI=1S/C8H7N3O2/c9-8(12)7-2-1-6(13-7)5-3-10-11-4-5/h1-4H,(H2,9,12)(H,10,11). The zero-order chi connectivity index (χ0) is 9.26. The van der Waals surface area contributed by atoms with Gasteiger partial charge in [-0.1, -0.05) is 0 Å². The maximum Gasteiger partial charge on any atom is 0.284 e. The molecule has 3 N–H and O–H groups in total. The van der Waals surface area contributed by atoms with E-state index in [0.717, 1.165) is 5.56 Å².